The van der Waals surface area contributed by atoms with Gasteiger partial charge in [0.1, 0.15) is 16.3 Å². The summed E-state index contributed by atoms with van der Waals surface area (Å²) in [6, 6.07) is 14.8. The van der Waals surface area contributed by atoms with Crippen LogP contribution in [0.5, 0.6) is 0 Å². The fourth-order valence-electron chi connectivity index (χ4n) is 1.83. The Hall–Kier alpha value is -1.41. The SMILES string of the molecule is COS(=O)(=O)c1ccc(C)cc1.CS[s+]1cnc2ccccc21. The molecule has 4 nitrogen and oxygen atoms in total. The van der Waals surface area contributed by atoms with Gasteiger partial charge in [-0.1, -0.05) is 29.8 Å². The molecule has 1 unspecified atom stereocenters. The molecule has 122 valence electrons. The monoisotopic (exact) mass is 368 g/mol. The number of rotatable bonds is 3. The van der Waals surface area contributed by atoms with E-state index in [1.165, 1.54) is 16.8 Å². The number of hydrogen-bond acceptors (Lipinski definition) is 5. The predicted molar refractivity (Wildman–Crippen MR) is 98.5 cm³/mol. The molecule has 0 aliphatic carbocycles. The van der Waals surface area contributed by atoms with E-state index in [0.29, 0.717) is 0 Å². The second-order valence-corrected chi connectivity index (χ2v) is 9.97. The molecule has 0 amide bonds. The molecule has 3 rings (SSSR count). The molecule has 0 bridgehead atoms. The number of para-hydroxylation sites is 1. The standard InChI is InChI=1S/C8H8NS2.C8H10O3S/c1-10-11-6-9-7-4-2-3-5-8(7)11;1-7-3-5-8(6-4-7)12(9,10)11-2/h2-6H,1H3;3-6H,1-2H3/q+1;. The van der Waals surface area contributed by atoms with E-state index in [4.69, 9.17) is 0 Å². The fourth-order valence-corrected chi connectivity index (χ4v) is 4.97. The van der Waals surface area contributed by atoms with E-state index in [-0.39, 0.29) is 14.4 Å². The van der Waals surface area contributed by atoms with Gasteiger partial charge in [0.25, 0.3) is 10.1 Å². The van der Waals surface area contributed by atoms with Crippen LogP contribution in [0.1, 0.15) is 5.56 Å². The van der Waals surface area contributed by atoms with E-state index in [1.807, 2.05) is 29.3 Å². The first-order chi connectivity index (χ1) is 11.0. The Balaban J connectivity index is 0.000000167. The summed E-state index contributed by atoms with van der Waals surface area (Å²) in [5.41, 5.74) is 4.20. The zero-order valence-electron chi connectivity index (χ0n) is 13.1. The largest absolute Gasteiger partial charge is 0.296 e. The van der Waals surface area contributed by atoms with Gasteiger partial charge in [0.15, 0.2) is 0 Å². The Morgan fingerprint density at radius 1 is 1.09 bits per heavy atom. The van der Waals surface area contributed by atoms with Crippen molar-refractivity contribution < 1.29 is 12.6 Å². The van der Waals surface area contributed by atoms with E-state index in [1.54, 1.807) is 12.1 Å². The van der Waals surface area contributed by atoms with Crippen molar-refractivity contribution in [3.8, 4) is 0 Å². The van der Waals surface area contributed by atoms with Crippen LogP contribution in [0.3, 0.4) is 0 Å². The third kappa shape index (κ3) is 4.54. The number of fused-ring (bicyclic) bond motifs is 1. The highest BCUT2D eigenvalue weighted by atomic mass is 33.1. The number of hydrogen-bond donors (Lipinski definition) is 0. The van der Waals surface area contributed by atoms with Crippen molar-refractivity contribution in [2.75, 3.05) is 13.4 Å². The van der Waals surface area contributed by atoms with Crippen molar-refractivity contribution >= 4 is 40.6 Å². The number of thiazole rings is 1. The van der Waals surface area contributed by atoms with Crippen LogP contribution in [0, 0.1) is 6.92 Å². The lowest BCUT2D eigenvalue weighted by Gasteiger charge is -2.00. The van der Waals surface area contributed by atoms with Gasteiger partial charge in [-0.2, -0.15) is 13.4 Å². The first-order valence-corrected chi connectivity index (χ1v) is 11.2. The quantitative estimate of drug-likeness (QED) is 0.389. The van der Waals surface area contributed by atoms with Crippen molar-refractivity contribution in [1.82, 2.24) is 4.98 Å². The molecule has 0 radical (unpaired) electrons. The van der Waals surface area contributed by atoms with Crippen LogP contribution >= 0.6 is 20.3 Å². The van der Waals surface area contributed by atoms with Gasteiger partial charge in [0, 0.05) is 12.3 Å². The molecule has 2 aromatic carbocycles. The number of aromatic nitrogens is 1. The number of aryl methyl sites for hydroxylation is 1. The predicted octanol–water partition coefficient (Wildman–Crippen LogP) is 4.44. The van der Waals surface area contributed by atoms with Gasteiger partial charge in [-0.15, -0.1) is 0 Å². The summed E-state index contributed by atoms with van der Waals surface area (Å²) in [6.07, 6.45) is 2.12. The molecule has 23 heavy (non-hydrogen) atoms. The van der Waals surface area contributed by atoms with Gasteiger partial charge in [0.2, 0.25) is 10.2 Å². The van der Waals surface area contributed by atoms with Gasteiger partial charge in [0.05, 0.1) is 21.5 Å². The molecule has 0 aliphatic heterocycles. The van der Waals surface area contributed by atoms with Crippen LogP contribution < -0.4 is 0 Å². The molecule has 0 fully saturated rings. The van der Waals surface area contributed by atoms with Gasteiger partial charge in [-0.25, -0.2) is 0 Å². The van der Waals surface area contributed by atoms with Crippen LogP contribution in [0.2, 0.25) is 0 Å². The number of benzene rings is 2. The van der Waals surface area contributed by atoms with Gasteiger partial charge < -0.3 is 0 Å². The maximum Gasteiger partial charge on any atom is 0.296 e. The summed E-state index contributed by atoms with van der Waals surface area (Å²) in [5.74, 6) is 0. The number of nitrogens with zero attached hydrogens (tertiary/aromatic N) is 1. The minimum atomic E-state index is -3.51. The smallest absolute Gasteiger partial charge is 0.270 e. The Morgan fingerprint density at radius 3 is 2.35 bits per heavy atom. The average Bonchev–Trinajstić information content (AvgIpc) is 2.99. The third-order valence-corrected chi connectivity index (χ3v) is 7.68. The van der Waals surface area contributed by atoms with Crippen molar-refractivity contribution in [1.29, 1.82) is 0 Å². The molecule has 0 aliphatic rings. The van der Waals surface area contributed by atoms with Crippen molar-refractivity contribution in [2.45, 2.75) is 11.8 Å². The second kappa shape index (κ2) is 7.92. The topological polar surface area (TPSA) is 56.3 Å². The molecule has 7 heteroatoms. The molecule has 1 aromatic heterocycles. The highest BCUT2D eigenvalue weighted by Crippen LogP contribution is 2.37. The Morgan fingerprint density at radius 2 is 1.74 bits per heavy atom. The zero-order valence-corrected chi connectivity index (χ0v) is 15.5. The molecule has 1 atom stereocenters. The fraction of sp³-hybridized carbons (Fsp3) is 0.188. The van der Waals surface area contributed by atoms with Gasteiger partial charge >= 0.3 is 0 Å². The Bertz CT molecular complexity index is 871. The summed E-state index contributed by atoms with van der Waals surface area (Å²) < 4.78 is 27.9. The van der Waals surface area contributed by atoms with Crippen LogP contribution in [0.25, 0.3) is 10.2 Å². The van der Waals surface area contributed by atoms with Crippen molar-refractivity contribution in [2.24, 2.45) is 0 Å². The zero-order chi connectivity index (χ0) is 16.9. The summed E-state index contributed by atoms with van der Waals surface area (Å²) in [7, 11) is -0.298. The van der Waals surface area contributed by atoms with E-state index >= 15 is 0 Å². The normalized spacial score (nSPS) is 11.9. The molecule has 3 aromatic rings. The lowest BCUT2D eigenvalue weighted by Crippen LogP contribution is -2.02. The van der Waals surface area contributed by atoms with E-state index in [0.717, 1.165) is 18.2 Å². The first-order valence-electron chi connectivity index (χ1n) is 6.76. The van der Waals surface area contributed by atoms with Crippen molar-refractivity contribution in [3.63, 3.8) is 0 Å². The maximum atomic E-state index is 11.1. The Kier molecular flexibility index (Phi) is 6.17. The lowest BCUT2D eigenvalue weighted by atomic mass is 10.2. The van der Waals surface area contributed by atoms with Gasteiger partial charge in [-0.05, 0) is 25.1 Å². The van der Waals surface area contributed by atoms with Crippen LogP contribution in [0.4, 0.5) is 0 Å². The minimum Gasteiger partial charge on any atom is -0.270 e. The van der Waals surface area contributed by atoms with Gasteiger partial charge in [-0.3, -0.25) is 4.18 Å². The first kappa shape index (κ1) is 17.9. The minimum absolute atomic E-state index is 0.190. The summed E-state index contributed by atoms with van der Waals surface area (Å²) in [6.45, 7) is 1.89. The lowest BCUT2D eigenvalue weighted by molar-refractivity contribution is 0.398. The van der Waals surface area contributed by atoms with Crippen LogP contribution in [-0.4, -0.2) is 26.8 Å². The molecule has 0 saturated heterocycles. The highest BCUT2D eigenvalue weighted by Gasteiger charge is 2.11. The van der Waals surface area contributed by atoms with Crippen LogP contribution in [-0.2, 0) is 14.3 Å². The van der Waals surface area contributed by atoms with Crippen molar-refractivity contribution in [3.05, 3.63) is 59.6 Å². The molecular formula is C16H18NO3S3+. The van der Waals surface area contributed by atoms with E-state index in [9.17, 15) is 8.42 Å². The van der Waals surface area contributed by atoms with E-state index in [2.05, 4.69) is 33.6 Å². The maximum absolute atomic E-state index is 11.1. The average molecular weight is 369 g/mol. The molecule has 1 heterocycles. The Labute approximate surface area is 143 Å². The molecular weight excluding hydrogens is 350 g/mol. The van der Waals surface area contributed by atoms with E-state index < -0.39 is 10.1 Å². The summed E-state index contributed by atoms with van der Waals surface area (Å²) in [4.78, 5) is 4.51. The summed E-state index contributed by atoms with van der Waals surface area (Å²) >= 11 is 0. The molecule has 0 spiro atoms. The summed E-state index contributed by atoms with van der Waals surface area (Å²) in [5, 5.41) is 0. The second-order valence-electron chi connectivity index (χ2n) is 4.60. The highest BCUT2D eigenvalue weighted by molar-refractivity contribution is 8.46. The van der Waals surface area contributed by atoms with Crippen LogP contribution in [0.15, 0.2) is 58.9 Å². The molecule has 0 N–H and O–H groups in total. The third-order valence-electron chi connectivity index (χ3n) is 3.08. The molecule has 0 saturated carbocycles.